The minimum Gasteiger partial charge on any atom is -0.506 e. The van der Waals surface area contributed by atoms with Crippen molar-refractivity contribution in [1.82, 2.24) is 10.3 Å². The molecule has 1 aliphatic carbocycles. The fourth-order valence-electron chi connectivity index (χ4n) is 4.00. The molecule has 2 aromatic carbocycles. The van der Waals surface area contributed by atoms with E-state index in [2.05, 4.69) is 26.2 Å². The first kappa shape index (κ1) is 13.1. The molecule has 114 valence electrons. The zero-order valence-corrected chi connectivity index (χ0v) is 13.5. The van der Waals surface area contributed by atoms with Crippen LogP contribution in [0.1, 0.15) is 38.3 Å². The summed E-state index contributed by atoms with van der Waals surface area (Å²) in [4.78, 5) is 28.0. The van der Waals surface area contributed by atoms with Crippen molar-refractivity contribution in [3.8, 4) is 5.75 Å². The van der Waals surface area contributed by atoms with Crippen LogP contribution in [-0.2, 0) is 12.8 Å². The number of aryl methyl sites for hydroxylation is 1. The number of fused-ring (bicyclic) bond motifs is 8. The molecule has 0 radical (unpaired) electrons. The van der Waals surface area contributed by atoms with E-state index in [0.29, 0.717) is 26.4 Å². The third kappa shape index (κ3) is 1.47. The molecule has 0 unspecified atom stereocenters. The molecule has 23 heavy (non-hydrogen) atoms. The molecule has 0 saturated heterocycles. The molecular weight excluding hydrogens is 360 g/mol. The van der Waals surface area contributed by atoms with Gasteiger partial charge in [0.25, 0.3) is 11.8 Å². The molecular formula is C17H11BrN2O3. The lowest BCUT2D eigenvalue weighted by molar-refractivity contribution is 0.0880. The number of aromatic amines is 1. The molecule has 5 rings (SSSR count). The summed E-state index contributed by atoms with van der Waals surface area (Å²) in [5.41, 5.74) is 4.58. The van der Waals surface area contributed by atoms with Crippen LogP contribution in [0.4, 0.5) is 0 Å². The summed E-state index contributed by atoms with van der Waals surface area (Å²) in [5, 5.41) is 14.1. The minimum absolute atomic E-state index is 0.0843. The fraction of sp³-hybridized carbons (Fsp3) is 0.176. The maximum atomic E-state index is 12.4. The summed E-state index contributed by atoms with van der Waals surface area (Å²) in [6, 6.07) is 3.63. The number of aromatic nitrogens is 1. The van der Waals surface area contributed by atoms with E-state index < -0.39 is 0 Å². The van der Waals surface area contributed by atoms with Gasteiger partial charge in [-0.15, -0.1) is 0 Å². The second-order valence-electron chi connectivity index (χ2n) is 6.04. The highest BCUT2D eigenvalue weighted by Crippen LogP contribution is 2.45. The molecule has 2 heterocycles. The van der Waals surface area contributed by atoms with Crippen molar-refractivity contribution in [2.75, 3.05) is 0 Å². The zero-order valence-electron chi connectivity index (χ0n) is 11.9. The molecule has 3 N–H and O–H groups in total. The third-order valence-corrected chi connectivity index (χ3v) is 5.53. The molecule has 6 heteroatoms. The molecule has 5 nitrogen and oxygen atoms in total. The quantitative estimate of drug-likeness (QED) is 0.531. The second-order valence-corrected chi connectivity index (χ2v) is 6.89. The van der Waals surface area contributed by atoms with E-state index in [1.54, 1.807) is 6.07 Å². The van der Waals surface area contributed by atoms with Crippen LogP contribution in [-0.4, -0.2) is 21.9 Å². The first-order valence-corrected chi connectivity index (χ1v) is 8.23. The van der Waals surface area contributed by atoms with Crippen LogP contribution >= 0.6 is 15.9 Å². The van der Waals surface area contributed by atoms with E-state index in [0.717, 1.165) is 41.4 Å². The summed E-state index contributed by atoms with van der Waals surface area (Å²) in [6.07, 6.45) is 2.64. The number of phenolic OH excluding ortho intramolecular Hbond substituents is 1. The molecule has 0 saturated carbocycles. The van der Waals surface area contributed by atoms with Crippen LogP contribution in [0.15, 0.2) is 16.6 Å². The van der Waals surface area contributed by atoms with E-state index in [1.165, 1.54) is 0 Å². The highest BCUT2D eigenvalue weighted by molar-refractivity contribution is 9.10. The maximum Gasteiger partial charge on any atom is 0.259 e. The number of benzene rings is 2. The van der Waals surface area contributed by atoms with Crippen LogP contribution in [0.5, 0.6) is 5.75 Å². The summed E-state index contributed by atoms with van der Waals surface area (Å²) < 4.78 is 0.560. The minimum atomic E-state index is -0.384. The van der Waals surface area contributed by atoms with Gasteiger partial charge in [-0.2, -0.15) is 0 Å². The summed E-state index contributed by atoms with van der Waals surface area (Å²) >= 11 is 3.33. The smallest absolute Gasteiger partial charge is 0.259 e. The molecule has 2 amide bonds. The van der Waals surface area contributed by atoms with E-state index in [4.69, 9.17) is 0 Å². The molecule has 1 aromatic heterocycles. The van der Waals surface area contributed by atoms with Gasteiger partial charge < -0.3 is 10.1 Å². The number of carbonyl (C=O) groups excluding carboxylic acids is 2. The molecule has 3 aromatic rings. The lowest BCUT2D eigenvalue weighted by atomic mass is 9.93. The number of amides is 2. The van der Waals surface area contributed by atoms with Gasteiger partial charge >= 0.3 is 0 Å². The Morgan fingerprint density at radius 3 is 2.57 bits per heavy atom. The number of imide groups is 1. The normalized spacial score (nSPS) is 16.2. The number of rotatable bonds is 0. The van der Waals surface area contributed by atoms with Crippen molar-refractivity contribution in [1.29, 1.82) is 0 Å². The Kier molecular flexibility index (Phi) is 2.36. The van der Waals surface area contributed by atoms with Gasteiger partial charge in [-0.3, -0.25) is 14.9 Å². The predicted octanol–water partition coefficient (Wildman–Crippen LogP) is 3.16. The van der Waals surface area contributed by atoms with Crippen molar-refractivity contribution >= 4 is 49.6 Å². The summed E-state index contributed by atoms with van der Waals surface area (Å²) in [5.74, 6) is -0.625. The SMILES string of the molecule is O=C1NC(=O)c2c1c1c(c3[nH]c4ccc(Br)c(O)c4c23)CCC1. The Bertz CT molecular complexity index is 1080. The lowest BCUT2D eigenvalue weighted by Crippen LogP contribution is -2.20. The summed E-state index contributed by atoms with van der Waals surface area (Å²) in [7, 11) is 0. The number of phenols is 1. The Labute approximate surface area is 138 Å². The van der Waals surface area contributed by atoms with Crippen molar-refractivity contribution < 1.29 is 14.7 Å². The fourth-order valence-corrected chi connectivity index (χ4v) is 4.33. The molecule has 2 aliphatic rings. The number of hydrogen-bond donors (Lipinski definition) is 3. The number of hydrogen-bond acceptors (Lipinski definition) is 3. The number of carbonyl (C=O) groups is 2. The molecule has 1 aliphatic heterocycles. The Morgan fingerprint density at radius 2 is 1.74 bits per heavy atom. The highest BCUT2D eigenvalue weighted by atomic mass is 79.9. The number of aromatic hydroxyl groups is 1. The van der Waals surface area contributed by atoms with Gasteiger partial charge in [0.05, 0.1) is 32.0 Å². The molecule has 0 fully saturated rings. The monoisotopic (exact) mass is 370 g/mol. The number of halogens is 1. The van der Waals surface area contributed by atoms with Crippen LogP contribution in [0.2, 0.25) is 0 Å². The topological polar surface area (TPSA) is 82.2 Å². The van der Waals surface area contributed by atoms with E-state index >= 15 is 0 Å². The lowest BCUT2D eigenvalue weighted by Gasteiger charge is -2.08. The van der Waals surface area contributed by atoms with Gasteiger partial charge in [0.15, 0.2) is 0 Å². The van der Waals surface area contributed by atoms with Gasteiger partial charge in [-0.25, -0.2) is 0 Å². The maximum absolute atomic E-state index is 12.4. The molecule has 0 bridgehead atoms. The van der Waals surface area contributed by atoms with Gasteiger partial charge in [-0.05, 0) is 58.5 Å². The number of nitrogens with one attached hydrogen (secondary N) is 2. The molecule has 0 spiro atoms. The standard InChI is InChI=1S/C17H11BrN2O3/c18-8-4-5-9-11(15(8)21)12-13-10(16(22)20-17(13)23)6-2-1-3-7(6)14(12)19-9/h4-5,19,21H,1-3H2,(H,20,22,23). The first-order chi connectivity index (χ1) is 11.1. The van der Waals surface area contributed by atoms with E-state index in [1.807, 2.05) is 6.07 Å². The Balaban J connectivity index is 2.12. The van der Waals surface area contributed by atoms with Crippen LogP contribution in [0.3, 0.4) is 0 Å². The van der Waals surface area contributed by atoms with Crippen molar-refractivity contribution in [2.24, 2.45) is 0 Å². The highest BCUT2D eigenvalue weighted by Gasteiger charge is 2.37. The first-order valence-electron chi connectivity index (χ1n) is 7.44. The predicted molar refractivity (Wildman–Crippen MR) is 89.0 cm³/mol. The largest absolute Gasteiger partial charge is 0.506 e. The van der Waals surface area contributed by atoms with Crippen LogP contribution < -0.4 is 5.32 Å². The van der Waals surface area contributed by atoms with Crippen molar-refractivity contribution in [3.05, 3.63) is 38.9 Å². The number of H-pyrrole nitrogens is 1. The van der Waals surface area contributed by atoms with E-state index in [-0.39, 0.29) is 17.6 Å². The Hall–Kier alpha value is -2.34. The zero-order chi connectivity index (χ0) is 15.9. The third-order valence-electron chi connectivity index (χ3n) is 4.89. The van der Waals surface area contributed by atoms with Gasteiger partial charge in [0.2, 0.25) is 0 Å². The summed E-state index contributed by atoms with van der Waals surface area (Å²) in [6.45, 7) is 0. The van der Waals surface area contributed by atoms with Gasteiger partial charge in [0.1, 0.15) is 5.75 Å². The average Bonchev–Trinajstić information content (AvgIpc) is 3.18. The average molecular weight is 371 g/mol. The van der Waals surface area contributed by atoms with Crippen molar-refractivity contribution in [3.63, 3.8) is 0 Å². The second kappa shape index (κ2) is 4.14. The van der Waals surface area contributed by atoms with Crippen molar-refractivity contribution in [2.45, 2.75) is 19.3 Å². The van der Waals surface area contributed by atoms with Crippen LogP contribution in [0, 0.1) is 0 Å². The van der Waals surface area contributed by atoms with E-state index in [9.17, 15) is 14.7 Å². The Morgan fingerprint density at radius 1 is 1.00 bits per heavy atom. The molecule has 0 atom stereocenters. The van der Waals surface area contributed by atoms with Crippen LogP contribution in [0.25, 0.3) is 21.8 Å². The van der Waals surface area contributed by atoms with Gasteiger partial charge in [-0.1, -0.05) is 0 Å². The van der Waals surface area contributed by atoms with Gasteiger partial charge in [0, 0.05) is 5.39 Å².